The van der Waals surface area contributed by atoms with E-state index in [-0.39, 0.29) is 12.2 Å². The van der Waals surface area contributed by atoms with Crippen LogP contribution < -0.4 is 0 Å². The van der Waals surface area contributed by atoms with Gasteiger partial charge < -0.3 is 19.3 Å². The molecule has 0 bridgehead atoms. The highest BCUT2D eigenvalue weighted by Gasteiger charge is 2.43. The van der Waals surface area contributed by atoms with Crippen molar-refractivity contribution >= 4 is 0 Å². The van der Waals surface area contributed by atoms with Gasteiger partial charge in [0.1, 0.15) is 12.2 Å². The summed E-state index contributed by atoms with van der Waals surface area (Å²) in [5.74, 6) is -1.24. The maximum atomic E-state index is 10.1. The highest BCUT2D eigenvalue weighted by atomic mass is 16.6. The Morgan fingerprint density at radius 1 is 1.43 bits per heavy atom. The molecule has 0 aliphatic heterocycles. The smallest absolute Gasteiger partial charge is 0.195 e. The van der Waals surface area contributed by atoms with Crippen LogP contribution in [0.2, 0.25) is 0 Å². The second kappa shape index (κ2) is 4.77. The molecule has 1 fully saturated rings. The third-order valence-corrected chi connectivity index (χ3v) is 2.70. The molecule has 3 unspecified atom stereocenters. The average Bonchev–Trinajstić information content (AvgIpc) is 2.19. The molecule has 0 aromatic carbocycles. The van der Waals surface area contributed by atoms with Crippen LogP contribution in [0.15, 0.2) is 12.8 Å². The Balaban J connectivity index is 2.61. The lowest BCUT2D eigenvalue weighted by Crippen LogP contribution is -2.51. The lowest BCUT2D eigenvalue weighted by Gasteiger charge is -2.40. The van der Waals surface area contributed by atoms with Crippen molar-refractivity contribution in [3.8, 4) is 0 Å². The Hall–Kier alpha value is -0.580. The quantitative estimate of drug-likeness (QED) is 0.547. The van der Waals surface area contributed by atoms with Crippen LogP contribution in [0.25, 0.3) is 0 Å². The molecule has 0 aromatic rings. The van der Waals surface area contributed by atoms with Crippen LogP contribution in [0.5, 0.6) is 0 Å². The monoisotopic (exact) mass is 202 g/mol. The predicted octanol–water partition coefficient (Wildman–Crippen LogP) is 1.05. The zero-order valence-corrected chi connectivity index (χ0v) is 8.73. The molecule has 0 saturated heterocycles. The van der Waals surface area contributed by atoms with E-state index < -0.39 is 5.79 Å². The van der Waals surface area contributed by atoms with Crippen molar-refractivity contribution < 1.29 is 19.3 Å². The molecule has 1 rings (SSSR count). The van der Waals surface area contributed by atoms with Crippen LogP contribution >= 0.6 is 0 Å². The van der Waals surface area contributed by atoms with E-state index in [0.717, 1.165) is 12.8 Å². The Bertz CT molecular complexity index is 195. The van der Waals surface area contributed by atoms with Crippen LogP contribution in [0.3, 0.4) is 0 Å². The van der Waals surface area contributed by atoms with Crippen LogP contribution in [-0.4, -0.2) is 37.3 Å². The minimum atomic E-state index is -1.24. The van der Waals surface area contributed by atoms with E-state index in [0.29, 0.717) is 6.42 Å². The predicted molar refractivity (Wildman–Crippen MR) is 51.7 cm³/mol. The molecule has 0 radical (unpaired) electrons. The maximum absolute atomic E-state index is 10.1. The molecule has 4 heteroatoms. The highest BCUT2D eigenvalue weighted by Crippen LogP contribution is 2.32. The van der Waals surface area contributed by atoms with E-state index >= 15 is 0 Å². The minimum absolute atomic E-state index is 0.0381. The first-order valence-electron chi connectivity index (χ1n) is 4.73. The molecule has 3 atom stereocenters. The summed E-state index contributed by atoms with van der Waals surface area (Å²) >= 11 is 0. The van der Waals surface area contributed by atoms with E-state index in [1.54, 1.807) is 7.11 Å². The molecule has 0 spiro atoms. The highest BCUT2D eigenvalue weighted by molar-refractivity contribution is 4.88. The zero-order chi connectivity index (χ0) is 10.6. The van der Waals surface area contributed by atoms with E-state index in [1.165, 1.54) is 13.4 Å². The van der Waals surface area contributed by atoms with Gasteiger partial charge in [-0.2, -0.15) is 0 Å². The van der Waals surface area contributed by atoms with Gasteiger partial charge in [0.05, 0.1) is 6.26 Å². The maximum Gasteiger partial charge on any atom is 0.195 e. The Morgan fingerprint density at radius 3 is 2.64 bits per heavy atom. The van der Waals surface area contributed by atoms with E-state index in [2.05, 4.69) is 6.58 Å². The first-order valence-corrected chi connectivity index (χ1v) is 4.73. The van der Waals surface area contributed by atoms with E-state index in [9.17, 15) is 5.11 Å². The summed E-state index contributed by atoms with van der Waals surface area (Å²) in [6, 6.07) is 0. The number of hydrogen-bond donors (Lipinski definition) is 1. The summed E-state index contributed by atoms with van der Waals surface area (Å²) in [7, 11) is 3.05. The lowest BCUT2D eigenvalue weighted by atomic mass is 9.89. The van der Waals surface area contributed by atoms with E-state index in [1.807, 2.05) is 0 Å². The Morgan fingerprint density at radius 2 is 2.14 bits per heavy atom. The van der Waals surface area contributed by atoms with Gasteiger partial charge in [-0.05, 0) is 12.8 Å². The van der Waals surface area contributed by atoms with Gasteiger partial charge in [-0.3, -0.25) is 0 Å². The van der Waals surface area contributed by atoms with Crippen molar-refractivity contribution in [2.24, 2.45) is 0 Å². The average molecular weight is 202 g/mol. The SMILES string of the molecule is C=COC1CCC(OC)C(O)(OC)C1. The number of rotatable bonds is 4. The van der Waals surface area contributed by atoms with Gasteiger partial charge in [-0.25, -0.2) is 0 Å². The number of ether oxygens (including phenoxy) is 3. The molecule has 14 heavy (non-hydrogen) atoms. The molecule has 82 valence electrons. The fraction of sp³-hybridized carbons (Fsp3) is 0.800. The first kappa shape index (κ1) is 11.5. The van der Waals surface area contributed by atoms with Crippen molar-refractivity contribution in [3.05, 3.63) is 12.8 Å². The fourth-order valence-corrected chi connectivity index (χ4v) is 1.89. The molecular formula is C10H18O4. The largest absolute Gasteiger partial charge is 0.498 e. The van der Waals surface area contributed by atoms with Gasteiger partial charge in [0.25, 0.3) is 0 Å². The van der Waals surface area contributed by atoms with Crippen molar-refractivity contribution in [1.82, 2.24) is 0 Å². The second-order valence-electron chi connectivity index (χ2n) is 3.48. The summed E-state index contributed by atoms with van der Waals surface area (Å²) in [6.07, 6.45) is 3.05. The van der Waals surface area contributed by atoms with Gasteiger partial charge >= 0.3 is 0 Å². The summed E-state index contributed by atoms with van der Waals surface area (Å²) < 4.78 is 15.5. The first-order chi connectivity index (χ1) is 6.66. The Kier molecular flexibility index (Phi) is 3.92. The number of aliphatic hydroxyl groups is 1. The molecule has 0 aromatic heterocycles. The minimum Gasteiger partial charge on any atom is -0.498 e. The zero-order valence-electron chi connectivity index (χ0n) is 8.73. The van der Waals surface area contributed by atoms with Gasteiger partial charge in [-0.1, -0.05) is 6.58 Å². The van der Waals surface area contributed by atoms with Crippen LogP contribution in [0.1, 0.15) is 19.3 Å². The second-order valence-corrected chi connectivity index (χ2v) is 3.48. The lowest BCUT2D eigenvalue weighted by molar-refractivity contribution is -0.276. The van der Waals surface area contributed by atoms with Crippen molar-refractivity contribution in [2.45, 2.75) is 37.3 Å². The van der Waals surface area contributed by atoms with Crippen LogP contribution in [0, 0.1) is 0 Å². The molecule has 0 heterocycles. The topological polar surface area (TPSA) is 47.9 Å². The molecule has 1 aliphatic carbocycles. The molecular weight excluding hydrogens is 184 g/mol. The Labute approximate surface area is 84.5 Å². The fourth-order valence-electron chi connectivity index (χ4n) is 1.89. The van der Waals surface area contributed by atoms with Gasteiger partial charge in [-0.15, -0.1) is 0 Å². The van der Waals surface area contributed by atoms with Gasteiger partial charge in [0.2, 0.25) is 0 Å². The third kappa shape index (κ3) is 2.26. The van der Waals surface area contributed by atoms with Crippen LogP contribution in [0.4, 0.5) is 0 Å². The standard InChI is InChI=1S/C10H18O4/c1-4-14-8-5-6-9(12-2)10(11,7-8)13-3/h4,8-9,11H,1,5-7H2,2-3H3. The number of hydrogen-bond acceptors (Lipinski definition) is 4. The van der Waals surface area contributed by atoms with Crippen LogP contribution in [-0.2, 0) is 14.2 Å². The summed E-state index contributed by atoms with van der Waals surface area (Å²) in [4.78, 5) is 0. The van der Waals surface area contributed by atoms with Crippen molar-refractivity contribution in [1.29, 1.82) is 0 Å². The molecule has 0 amide bonds. The van der Waals surface area contributed by atoms with Gasteiger partial charge in [0, 0.05) is 20.6 Å². The van der Waals surface area contributed by atoms with Crippen molar-refractivity contribution in [3.63, 3.8) is 0 Å². The summed E-state index contributed by atoms with van der Waals surface area (Å²) in [6.45, 7) is 3.49. The third-order valence-electron chi connectivity index (χ3n) is 2.70. The molecule has 1 saturated carbocycles. The molecule has 4 nitrogen and oxygen atoms in total. The van der Waals surface area contributed by atoms with E-state index in [4.69, 9.17) is 14.2 Å². The normalized spacial score (nSPS) is 37.9. The molecule has 1 N–H and O–H groups in total. The molecule has 1 aliphatic rings. The number of methoxy groups -OCH3 is 2. The summed E-state index contributed by atoms with van der Waals surface area (Å²) in [5.41, 5.74) is 0. The van der Waals surface area contributed by atoms with Gasteiger partial charge in [0.15, 0.2) is 5.79 Å². The summed E-state index contributed by atoms with van der Waals surface area (Å²) in [5, 5.41) is 10.1. The van der Waals surface area contributed by atoms with Crippen molar-refractivity contribution in [2.75, 3.05) is 14.2 Å².